The van der Waals surface area contributed by atoms with E-state index in [1.165, 1.54) is 18.5 Å². The molecule has 2 aromatic heterocycles. The van der Waals surface area contributed by atoms with Gasteiger partial charge in [0.05, 0.1) is 24.0 Å². The predicted octanol–water partition coefficient (Wildman–Crippen LogP) is 4.77. The number of benzene rings is 2. The van der Waals surface area contributed by atoms with Crippen LogP contribution >= 0.6 is 0 Å². The number of nitrogens with zero attached hydrogens (tertiary/aromatic N) is 3. The topological polar surface area (TPSA) is 121 Å². The highest BCUT2D eigenvalue weighted by Crippen LogP contribution is 2.23. The van der Waals surface area contributed by atoms with E-state index in [1.807, 2.05) is 26.0 Å². The Labute approximate surface area is 255 Å². The third-order valence-electron chi connectivity index (χ3n) is 6.94. The Morgan fingerprint density at radius 2 is 1.68 bits per heavy atom. The summed E-state index contributed by atoms with van der Waals surface area (Å²) in [7, 11) is 0. The molecule has 11 heteroatoms. The number of aliphatic hydroxyl groups excluding tert-OH is 1. The van der Waals surface area contributed by atoms with E-state index in [1.54, 1.807) is 29.3 Å². The van der Waals surface area contributed by atoms with Gasteiger partial charge >= 0.3 is 0 Å². The summed E-state index contributed by atoms with van der Waals surface area (Å²) in [5, 5.41) is 17.1. The van der Waals surface area contributed by atoms with Crippen LogP contribution < -0.4 is 10.6 Å². The van der Waals surface area contributed by atoms with Crippen molar-refractivity contribution in [3.63, 3.8) is 0 Å². The molecule has 2 amide bonds. The Morgan fingerprint density at radius 3 is 2.32 bits per heavy atom. The maximum absolute atomic E-state index is 14.0. The maximum Gasteiger partial charge on any atom is 0.253 e. The molecule has 44 heavy (non-hydrogen) atoms. The molecule has 2 aromatic carbocycles. The first kappa shape index (κ1) is 32.4. The zero-order valence-corrected chi connectivity index (χ0v) is 24.8. The molecule has 0 aliphatic heterocycles. The first-order chi connectivity index (χ1) is 21.3. The Balaban J connectivity index is 1.61. The Morgan fingerprint density at radius 1 is 0.955 bits per heavy atom. The van der Waals surface area contributed by atoms with E-state index < -0.39 is 29.7 Å². The quantitative estimate of drug-likeness (QED) is 0.179. The predicted molar refractivity (Wildman–Crippen MR) is 162 cm³/mol. The third kappa shape index (κ3) is 9.01. The Kier molecular flexibility index (Phi) is 11.7. The van der Waals surface area contributed by atoms with Crippen LogP contribution in [-0.2, 0) is 13.0 Å². The Bertz CT molecular complexity index is 1490. The first-order valence-electron chi connectivity index (χ1n) is 14.7. The summed E-state index contributed by atoms with van der Waals surface area (Å²) in [4.78, 5) is 37.4. The number of carbonyl (C=O) groups is 2. The molecule has 232 valence electrons. The average Bonchev–Trinajstić information content (AvgIpc) is 3.55. The van der Waals surface area contributed by atoms with Crippen molar-refractivity contribution in [3.05, 3.63) is 107 Å². The monoisotopic (exact) mass is 605 g/mol. The van der Waals surface area contributed by atoms with Crippen LogP contribution in [0.4, 0.5) is 8.78 Å². The molecule has 0 saturated carbocycles. The lowest BCUT2D eigenvalue weighted by Gasteiger charge is -2.25. The minimum absolute atomic E-state index is 0.0567. The van der Waals surface area contributed by atoms with Gasteiger partial charge in [0.25, 0.3) is 11.8 Å². The molecule has 2 heterocycles. The lowest BCUT2D eigenvalue weighted by Crippen LogP contribution is -2.48. The lowest BCUT2D eigenvalue weighted by atomic mass is 9.99. The van der Waals surface area contributed by atoms with Crippen LogP contribution in [0.5, 0.6) is 0 Å². The number of amides is 2. The van der Waals surface area contributed by atoms with E-state index in [0.717, 1.165) is 36.7 Å². The molecule has 2 atom stereocenters. The second-order valence-corrected chi connectivity index (χ2v) is 10.5. The second kappa shape index (κ2) is 15.8. The first-order valence-corrected chi connectivity index (χ1v) is 14.7. The normalized spacial score (nSPS) is 12.5. The molecular weight excluding hydrogens is 568 g/mol. The number of pyridine rings is 1. The fourth-order valence-electron chi connectivity index (χ4n) is 4.92. The SMILES string of the molecule is CCCN(CCC)C(=O)c1cc(C(=O)NC(Cc2cc(F)cc(F)c2)C(O)CNCc2ccccn2)cc(-c2ncco2)c1. The van der Waals surface area contributed by atoms with Crippen LogP contribution in [0.25, 0.3) is 11.5 Å². The van der Waals surface area contributed by atoms with Crippen molar-refractivity contribution in [3.8, 4) is 11.5 Å². The van der Waals surface area contributed by atoms with Crippen LogP contribution in [0.2, 0.25) is 0 Å². The summed E-state index contributed by atoms with van der Waals surface area (Å²) in [5.74, 6) is -2.12. The number of oxazole rings is 1. The standard InChI is InChI=1S/C33H37F2N5O4/c1-3-10-40(11-4-2)33(43)25-17-23(16-24(18-25)32-38-9-12-44-32)31(42)39-29(15-22-13-26(34)19-27(35)14-22)30(41)21-36-20-28-7-5-6-8-37-28/h5-9,12-14,16-19,29-30,36,41H,3-4,10-11,15,20-21H2,1-2H3,(H,39,42). The molecule has 0 bridgehead atoms. The minimum Gasteiger partial charge on any atom is -0.445 e. The van der Waals surface area contributed by atoms with Crippen LogP contribution in [0, 0.1) is 11.6 Å². The highest BCUT2D eigenvalue weighted by atomic mass is 19.1. The van der Waals surface area contributed by atoms with Gasteiger partial charge < -0.3 is 25.1 Å². The van der Waals surface area contributed by atoms with Crippen LogP contribution in [0.3, 0.4) is 0 Å². The van der Waals surface area contributed by atoms with Gasteiger partial charge in [-0.25, -0.2) is 13.8 Å². The molecule has 9 nitrogen and oxygen atoms in total. The summed E-state index contributed by atoms with van der Waals surface area (Å²) in [6, 6.07) is 12.3. The third-order valence-corrected chi connectivity index (χ3v) is 6.94. The fourth-order valence-corrected chi connectivity index (χ4v) is 4.92. The van der Waals surface area contributed by atoms with Crippen molar-refractivity contribution in [1.82, 2.24) is 25.5 Å². The van der Waals surface area contributed by atoms with Gasteiger partial charge in [-0.15, -0.1) is 0 Å². The van der Waals surface area contributed by atoms with E-state index >= 15 is 0 Å². The number of rotatable bonds is 15. The number of hydrogen-bond acceptors (Lipinski definition) is 7. The summed E-state index contributed by atoms with van der Waals surface area (Å²) < 4.78 is 33.5. The van der Waals surface area contributed by atoms with Gasteiger partial charge in [-0.1, -0.05) is 19.9 Å². The summed E-state index contributed by atoms with van der Waals surface area (Å²) in [6.07, 6.45) is 4.86. The number of aliphatic hydroxyl groups is 1. The highest BCUT2D eigenvalue weighted by Gasteiger charge is 2.25. The van der Waals surface area contributed by atoms with Crippen LogP contribution in [-0.4, -0.2) is 63.6 Å². The van der Waals surface area contributed by atoms with Gasteiger partial charge in [-0.2, -0.15) is 0 Å². The molecular formula is C33H37F2N5O4. The number of carbonyl (C=O) groups excluding carboxylic acids is 2. The van der Waals surface area contributed by atoms with E-state index in [4.69, 9.17) is 4.42 Å². The molecule has 4 rings (SSSR count). The molecule has 2 unspecified atom stereocenters. The minimum atomic E-state index is -1.14. The zero-order valence-electron chi connectivity index (χ0n) is 24.8. The van der Waals surface area contributed by atoms with Crippen molar-refractivity contribution in [1.29, 1.82) is 0 Å². The van der Waals surface area contributed by atoms with Gasteiger partial charge in [0.15, 0.2) is 0 Å². The van der Waals surface area contributed by atoms with Gasteiger partial charge in [0.2, 0.25) is 5.89 Å². The van der Waals surface area contributed by atoms with E-state index in [9.17, 15) is 23.5 Å². The van der Waals surface area contributed by atoms with Crippen molar-refractivity contribution in [2.45, 2.75) is 51.8 Å². The van der Waals surface area contributed by atoms with Gasteiger partial charge in [0, 0.05) is 55.1 Å². The highest BCUT2D eigenvalue weighted by molar-refractivity contribution is 6.01. The molecule has 0 saturated heterocycles. The van der Waals surface area contributed by atoms with Crippen LogP contribution in [0.1, 0.15) is 58.7 Å². The smallest absolute Gasteiger partial charge is 0.253 e. The molecule has 0 radical (unpaired) electrons. The Hall–Kier alpha value is -4.48. The number of nitrogens with one attached hydrogen (secondary N) is 2. The number of hydrogen-bond donors (Lipinski definition) is 3. The molecule has 0 aliphatic rings. The largest absolute Gasteiger partial charge is 0.445 e. The van der Waals surface area contributed by atoms with Crippen molar-refractivity contribution in [2.75, 3.05) is 19.6 Å². The molecule has 0 spiro atoms. The second-order valence-electron chi connectivity index (χ2n) is 10.5. The zero-order chi connectivity index (χ0) is 31.5. The van der Waals surface area contributed by atoms with Crippen molar-refractivity contribution in [2.24, 2.45) is 0 Å². The van der Waals surface area contributed by atoms with Gasteiger partial charge in [-0.05, 0) is 67.3 Å². The molecule has 4 aromatic rings. The summed E-state index contributed by atoms with van der Waals surface area (Å²) >= 11 is 0. The lowest BCUT2D eigenvalue weighted by molar-refractivity contribution is 0.0755. The van der Waals surface area contributed by atoms with Crippen LogP contribution in [0.15, 0.2) is 77.7 Å². The maximum atomic E-state index is 14.0. The van der Waals surface area contributed by atoms with Gasteiger partial charge in [-0.3, -0.25) is 14.6 Å². The van der Waals surface area contributed by atoms with Crippen molar-refractivity contribution < 1.29 is 27.9 Å². The summed E-state index contributed by atoms with van der Waals surface area (Å²) in [6.45, 7) is 5.51. The summed E-state index contributed by atoms with van der Waals surface area (Å²) in [5.41, 5.74) is 1.87. The average molecular weight is 606 g/mol. The molecule has 0 fully saturated rings. The van der Waals surface area contributed by atoms with E-state index in [2.05, 4.69) is 20.6 Å². The molecule has 3 N–H and O–H groups in total. The van der Waals surface area contributed by atoms with Gasteiger partial charge in [0.1, 0.15) is 17.9 Å². The van der Waals surface area contributed by atoms with E-state index in [0.29, 0.717) is 25.2 Å². The number of aromatic nitrogens is 2. The van der Waals surface area contributed by atoms with E-state index in [-0.39, 0.29) is 41.5 Å². The fraction of sp³-hybridized carbons (Fsp3) is 0.333. The molecule has 0 aliphatic carbocycles. The van der Waals surface area contributed by atoms with Crippen molar-refractivity contribution >= 4 is 11.8 Å². The number of halogens is 2.